The van der Waals surface area contributed by atoms with Crippen LogP contribution in [0.5, 0.6) is 0 Å². The number of hydrogen-bond acceptors (Lipinski definition) is 3. The molecule has 0 aliphatic heterocycles. The molecule has 5 nitrogen and oxygen atoms in total. The van der Waals surface area contributed by atoms with Crippen molar-refractivity contribution in [3.8, 4) is 11.4 Å². The highest BCUT2D eigenvalue weighted by Gasteiger charge is 2.12. The van der Waals surface area contributed by atoms with Crippen LogP contribution in [0.1, 0.15) is 10.5 Å². The zero-order valence-corrected chi connectivity index (χ0v) is 8.19. The molecule has 0 aliphatic carbocycles. The number of pyridine rings is 1. The number of carboxylic acids is 1. The fourth-order valence-corrected chi connectivity index (χ4v) is 1.33. The second-order valence-electron chi connectivity index (χ2n) is 2.80. The van der Waals surface area contributed by atoms with E-state index in [-0.39, 0.29) is 10.7 Å². The topological polar surface area (TPSA) is 78.9 Å². The number of nitrogens with one attached hydrogen (secondary N) is 1. The molecule has 0 saturated carbocycles. The number of carboxylic acid groups (broad SMARTS) is 1. The van der Waals surface area contributed by atoms with Crippen LogP contribution >= 0.6 is 11.6 Å². The number of halogens is 1. The summed E-state index contributed by atoms with van der Waals surface area (Å²) in [5.41, 5.74) is 0.979. The van der Waals surface area contributed by atoms with Gasteiger partial charge in [-0.1, -0.05) is 11.6 Å². The molecule has 0 aliphatic rings. The van der Waals surface area contributed by atoms with Gasteiger partial charge < -0.3 is 5.11 Å². The van der Waals surface area contributed by atoms with Gasteiger partial charge in [-0.3, -0.25) is 5.10 Å². The highest BCUT2D eigenvalue weighted by Crippen LogP contribution is 2.19. The summed E-state index contributed by atoms with van der Waals surface area (Å²) >= 11 is 5.68. The molecule has 2 aromatic rings. The van der Waals surface area contributed by atoms with E-state index < -0.39 is 5.97 Å². The third-order valence-electron chi connectivity index (χ3n) is 1.83. The first-order valence-corrected chi connectivity index (χ1v) is 4.46. The Labute approximate surface area is 89.7 Å². The van der Waals surface area contributed by atoms with Crippen LogP contribution in [0.4, 0.5) is 0 Å². The van der Waals surface area contributed by atoms with Crippen LogP contribution in [-0.2, 0) is 0 Å². The number of aromatic amines is 1. The van der Waals surface area contributed by atoms with Gasteiger partial charge in [0.2, 0.25) is 0 Å². The van der Waals surface area contributed by atoms with Gasteiger partial charge in [0.15, 0.2) is 5.69 Å². The van der Waals surface area contributed by atoms with Crippen LogP contribution in [-0.4, -0.2) is 26.3 Å². The summed E-state index contributed by atoms with van der Waals surface area (Å²) in [6.07, 6.45) is 1.56. The Hall–Kier alpha value is -1.88. The minimum absolute atomic E-state index is 0.116. The molecule has 0 radical (unpaired) electrons. The lowest BCUT2D eigenvalue weighted by Crippen LogP contribution is -2.02. The number of hydrogen-bond donors (Lipinski definition) is 2. The molecule has 0 unspecified atom stereocenters. The molecular formula is C9H6ClN3O2. The van der Waals surface area contributed by atoms with Crippen LogP contribution in [0.25, 0.3) is 11.4 Å². The molecule has 15 heavy (non-hydrogen) atoms. The maximum absolute atomic E-state index is 10.8. The predicted octanol–water partition coefficient (Wildman–Crippen LogP) is 1.82. The standard InChI is InChI=1S/C9H6ClN3O2/c10-5-1-2-6(7-3-4-11-13-7)12-8(5)9(14)15/h1-4H,(H,11,13)(H,14,15). The van der Waals surface area contributed by atoms with Gasteiger partial charge in [-0.25, -0.2) is 9.78 Å². The van der Waals surface area contributed by atoms with E-state index >= 15 is 0 Å². The van der Waals surface area contributed by atoms with E-state index in [2.05, 4.69) is 15.2 Å². The molecule has 2 N–H and O–H groups in total. The zero-order valence-electron chi connectivity index (χ0n) is 7.44. The SMILES string of the molecule is O=C(O)c1nc(-c2ccn[nH]2)ccc1Cl. The van der Waals surface area contributed by atoms with Crippen molar-refractivity contribution in [2.75, 3.05) is 0 Å². The van der Waals surface area contributed by atoms with Gasteiger partial charge in [0.1, 0.15) is 0 Å². The number of aromatic nitrogens is 3. The zero-order chi connectivity index (χ0) is 10.8. The van der Waals surface area contributed by atoms with Crippen LogP contribution in [0, 0.1) is 0 Å². The molecule has 2 rings (SSSR count). The first-order chi connectivity index (χ1) is 7.18. The fraction of sp³-hybridized carbons (Fsp3) is 0. The molecule has 76 valence electrons. The summed E-state index contributed by atoms with van der Waals surface area (Å²) in [5, 5.41) is 15.4. The normalized spacial score (nSPS) is 10.2. The third-order valence-corrected chi connectivity index (χ3v) is 2.13. The Morgan fingerprint density at radius 1 is 1.40 bits per heavy atom. The summed E-state index contributed by atoms with van der Waals surface area (Å²) < 4.78 is 0. The van der Waals surface area contributed by atoms with Crippen LogP contribution in [0.15, 0.2) is 24.4 Å². The fourth-order valence-electron chi connectivity index (χ4n) is 1.14. The molecular weight excluding hydrogens is 218 g/mol. The number of carbonyl (C=O) groups is 1. The molecule has 0 bridgehead atoms. The third kappa shape index (κ3) is 1.82. The monoisotopic (exact) mass is 223 g/mol. The van der Waals surface area contributed by atoms with E-state index in [1.54, 1.807) is 18.3 Å². The highest BCUT2D eigenvalue weighted by atomic mass is 35.5. The second-order valence-corrected chi connectivity index (χ2v) is 3.21. The van der Waals surface area contributed by atoms with Crippen molar-refractivity contribution in [2.24, 2.45) is 0 Å². The van der Waals surface area contributed by atoms with Crippen LogP contribution < -0.4 is 0 Å². The number of nitrogens with zero attached hydrogens (tertiary/aromatic N) is 2. The van der Waals surface area contributed by atoms with Gasteiger partial charge in [0, 0.05) is 6.20 Å². The van der Waals surface area contributed by atoms with E-state index in [9.17, 15) is 4.79 Å². The lowest BCUT2D eigenvalue weighted by atomic mass is 10.2. The molecule has 0 aromatic carbocycles. The van der Waals surface area contributed by atoms with E-state index in [0.717, 1.165) is 0 Å². The van der Waals surface area contributed by atoms with Gasteiger partial charge in [-0.2, -0.15) is 5.10 Å². The van der Waals surface area contributed by atoms with Crippen molar-refractivity contribution in [1.29, 1.82) is 0 Å². The number of aromatic carboxylic acids is 1. The lowest BCUT2D eigenvalue weighted by Gasteiger charge is -2.00. The van der Waals surface area contributed by atoms with Gasteiger partial charge in [0.25, 0.3) is 0 Å². The molecule has 0 atom stereocenters. The van der Waals surface area contributed by atoms with Gasteiger partial charge >= 0.3 is 5.97 Å². The molecule has 0 saturated heterocycles. The predicted molar refractivity (Wildman–Crippen MR) is 53.8 cm³/mol. The van der Waals surface area contributed by atoms with Crippen molar-refractivity contribution in [3.05, 3.63) is 35.1 Å². The summed E-state index contributed by atoms with van der Waals surface area (Å²) in [6.45, 7) is 0. The summed E-state index contributed by atoms with van der Waals surface area (Å²) in [6, 6.07) is 4.82. The maximum Gasteiger partial charge on any atom is 0.356 e. The lowest BCUT2D eigenvalue weighted by molar-refractivity contribution is 0.0691. The van der Waals surface area contributed by atoms with Crippen molar-refractivity contribution in [2.45, 2.75) is 0 Å². The van der Waals surface area contributed by atoms with E-state index in [1.807, 2.05) is 0 Å². The summed E-state index contributed by atoms with van der Waals surface area (Å²) in [4.78, 5) is 14.7. The Morgan fingerprint density at radius 2 is 2.20 bits per heavy atom. The van der Waals surface area contributed by atoms with Crippen LogP contribution in [0.2, 0.25) is 5.02 Å². The average molecular weight is 224 g/mol. The summed E-state index contributed by atoms with van der Waals surface area (Å²) in [5.74, 6) is -1.15. The Morgan fingerprint density at radius 3 is 2.80 bits per heavy atom. The van der Waals surface area contributed by atoms with Crippen molar-refractivity contribution in [1.82, 2.24) is 15.2 Å². The first-order valence-electron chi connectivity index (χ1n) is 4.08. The molecule has 0 amide bonds. The first kappa shape index (κ1) is 9.67. The highest BCUT2D eigenvalue weighted by molar-refractivity contribution is 6.33. The van der Waals surface area contributed by atoms with E-state index in [4.69, 9.17) is 16.7 Å². The van der Waals surface area contributed by atoms with Crippen molar-refractivity contribution in [3.63, 3.8) is 0 Å². The van der Waals surface area contributed by atoms with E-state index in [0.29, 0.717) is 11.4 Å². The van der Waals surface area contributed by atoms with Gasteiger partial charge in [-0.05, 0) is 18.2 Å². The molecule has 6 heteroatoms. The van der Waals surface area contributed by atoms with Gasteiger partial charge in [0.05, 0.1) is 16.4 Å². The van der Waals surface area contributed by atoms with Gasteiger partial charge in [-0.15, -0.1) is 0 Å². The number of rotatable bonds is 2. The minimum Gasteiger partial charge on any atom is -0.476 e. The molecule has 2 heterocycles. The van der Waals surface area contributed by atoms with Crippen molar-refractivity contribution < 1.29 is 9.90 Å². The number of H-pyrrole nitrogens is 1. The Bertz CT molecular complexity index is 496. The molecule has 0 fully saturated rings. The molecule has 2 aromatic heterocycles. The Balaban J connectivity index is 2.52. The minimum atomic E-state index is -1.15. The second kappa shape index (κ2) is 3.70. The largest absolute Gasteiger partial charge is 0.476 e. The van der Waals surface area contributed by atoms with Crippen molar-refractivity contribution >= 4 is 17.6 Å². The summed E-state index contributed by atoms with van der Waals surface area (Å²) in [7, 11) is 0. The maximum atomic E-state index is 10.8. The smallest absolute Gasteiger partial charge is 0.356 e. The average Bonchev–Trinajstić information content (AvgIpc) is 2.71. The van der Waals surface area contributed by atoms with Crippen LogP contribution in [0.3, 0.4) is 0 Å². The van der Waals surface area contributed by atoms with E-state index in [1.165, 1.54) is 6.07 Å². The quantitative estimate of drug-likeness (QED) is 0.814. The molecule has 0 spiro atoms. The Kier molecular flexibility index (Phi) is 2.39.